The van der Waals surface area contributed by atoms with Crippen molar-refractivity contribution >= 4 is 9.76 Å². The fourth-order valence-electron chi connectivity index (χ4n) is 1.42. The van der Waals surface area contributed by atoms with Crippen molar-refractivity contribution in [2.45, 2.75) is 44.6 Å². The van der Waals surface area contributed by atoms with Gasteiger partial charge in [-0.25, -0.2) is 0 Å². The van der Waals surface area contributed by atoms with E-state index in [1.807, 2.05) is 0 Å². The third-order valence-electron chi connectivity index (χ3n) is 2.00. The van der Waals surface area contributed by atoms with E-state index in [0.29, 0.717) is 0 Å². The van der Waals surface area contributed by atoms with Crippen molar-refractivity contribution in [3.05, 3.63) is 0 Å². The zero-order valence-electron chi connectivity index (χ0n) is 6.73. The highest BCUT2D eigenvalue weighted by Gasteiger charge is 2.14. The van der Waals surface area contributed by atoms with Crippen LogP contribution in [0.5, 0.6) is 0 Å². The van der Waals surface area contributed by atoms with Crippen molar-refractivity contribution in [1.82, 2.24) is 0 Å². The Balaban J connectivity index is 2.02. The maximum atomic E-state index is 5.40. The smallest absolute Gasteiger partial charge is 0.233 e. The zero-order chi connectivity index (χ0) is 7.23. The molecule has 1 saturated carbocycles. The quantitative estimate of drug-likeness (QED) is 0.570. The number of hydrogen-bond acceptors (Lipinski definition) is 1. The lowest BCUT2D eigenvalue weighted by molar-refractivity contribution is 0.340. The Bertz CT molecular complexity index is 79.3. The van der Waals surface area contributed by atoms with Crippen LogP contribution in [0.4, 0.5) is 0 Å². The van der Waals surface area contributed by atoms with Crippen LogP contribution in [-0.4, -0.2) is 16.4 Å². The van der Waals surface area contributed by atoms with Gasteiger partial charge in [0.15, 0.2) is 0 Å². The molecule has 1 nitrogen and oxygen atoms in total. The summed E-state index contributed by atoms with van der Waals surface area (Å²) >= 11 is 0. The van der Waals surface area contributed by atoms with Crippen LogP contribution in [0.2, 0.25) is 5.54 Å². The first kappa shape index (κ1) is 8.28. The molecule has 2 radical (unpaired) electrons. The summed E-state index contributed by atoms with van der Waals surface area (Å²) < 4.78 is 5.40. The van der Waals surface area contributed by atoms with Gasteiger partial charge in [-0.15, -0.1) is 0 Å². The maximum absolute atomic E-state index is 5.40. The molecule has 0 saturated heterocycles. The van der Waals surface area contributed by atoms with E-state index in [9.17, 15) is 0 Å². The van der Waals surface area contributed by atoms with Crippen LogP contribution in [0.25, 0.3) is 0 Å². The number of hydrogen-bond donors (Lipinski definition) is 0. The monoisotopic (exact) mass is 156 g/mol. The summed E-state index contributed by atoms with van der Waals surface area (Å²) in [6.45, 7) is 2.98. The molecule has 0 unspecified atom stereocenters. The molecule has 0 aliphatic heterocycles. The van der Waals surface area contributed by atoms with E-state index in [2.05, 4.69) is 6.92 Å². The lowest BCUT2D eigenvalue weighted by atomic mass is 10.0. The van der Waals surface area contributed by atoms with Gasteiger partial charge in [0.2, 0.25) is 9.76 Å². The van der Waals surface area contributed by atoms with Crippen LogP contribution in [0.1, 0.15) is 39.0 Å². The predicted molar refractivity (Wildman–Crippen MR) is 44.2 cm³/mol. The van der Waals surface area contributed by atoms with Gasteiger partial charge in [0.25, 0.3) is 0 Å². The average molecular weight is 156 g/mol. The third-order valence-corrected chi connectivity index (χ3v) is 3.37. The third kappa shape index (κ3) is 2.84. The average Bonchev–Trinajstić information content (AvgIpc) is 2.03. The minimum absolute atomic E-state index is 0.781. The van der Waals surface area contributed by atoms with Crippen LogP contribution < -0.4 is 0 Å². The molecule has 1 aliphatic rings. The van der Waals surface area contributed by atoms with E-state index in [4.69, 9.17) is 4.43 Å². The molecule has 10 heavy (non-hydrogen) atoms. The molecule has 0 N–H and O–H groups in total. The van der Waals surface area contributed by atoms with Crippen molar-refractivity contribution in [2.75, 3.05) is 6.61 Å². The normalized spacial score (nSPS) is 21.3. The molecule has 0 bridgehead atoms. The Labute approximate surface area is 66.1 Å². The molecular weight excluding hydrogens is 140 g/mol. The Morgan fingerprint density at radius 2 is 2.00 bits per heavy atom. The Morgan fingerprint density at radius 1 is 1.30 bits per heavy atom. The van der Waals surface area contributed by atoms with E-state index in [1.165, 1.54) is 32.1 Å². The molecule has 0 aromatic carbocycles. The molecule has 0 aromatic heterocycles. The predicted octanol–water partition coefficient (Wildman–Crippen LogP) is 2.39. The lowest BCUT2D eigenvalue weighted by Crippen LogP contribution is -2.11. The van der Waals surface area contributed by atoms with Crippen LogP contribution in [-0.2, 0) is 4.43 Å². The molecule has 0 atom stereocenters. The highest BCUT2D eigenvalue weighted by atomic mass is 28.2. The molecule has 58 valence electrons. The molecule has 1 aliphatic carbocycles. The maximum Gasteiger partial charge on any atom is 0.233 e. The summed E-state index contributed by atoms with van der Waals surface area (Å²) in [6.07, 6.45) is 7.15. The minimum Gasteiger partial charge on any atom is -0.417 e. The SMILES string of the molecule is CCO[Si]C1CCCCC1. The first-order valence-electron chi connectivity index (χ1n) is 4.31. The molecule has 2 heteroatoms. The first-order valence-corrected chi connectivity index (χ1v) is 5.29. The van der Waals surface area contributed by atoms with Crippen LogP contribution in [0.3, 0.4) is 0 Å². The first-order chi connectivity index (χ1) is 4.93. The summed E-state index contributed by atoms with van der Waals surface area (Å²) in [5.41, 5.74) is 0.911. The largest absolute Gasteiger partial charge is 0.417 e. The van der Waals surface area contributed by atoms with Crippen molar-refractivity contribution in [3.8, 4) is 0 Å². The second-order valence-electron chi connectivity index (χ2n) is 2.89. The van der Waals surface area contributed by atoms with Gasteiger partial charge in [-0.1, -0.05) is 32.1 Å². The molecule has 0 heterocycles. The summed E-state index contributed by atoms with van der Waals surface area (Å²) in [5.74, 6) is 0. The van der Waals surface area contributed by atoms with Gasteiger partial charge < -0.3 is 4.43 Å². The van der Waals surface area contributed by atoms with Gasteiger partial charge in [0.1, 0.15) is 0 Å². The van der Waals surface area contributed by atoms with Gasteiger partial charge >= 0.3 is 0 Å². The van der Waals surface area contributed by atoms with Crippen LogP contribution in [0.15, 0.2) is 0 Å². The number of rotatable bonds is 3. The Hall–Kier alpha value is 0.177. The molecule has 1 fully saturated rings. The molecule has 0 aromatic rings. The fourth-order valence-corrected chi connectivity index (χ4v) is 2.47. The van der Waals surface area contributed by atoms with Crippen molar-refractivity contribution in [2.24, 2.45) is 0 Å². The standard InChI is InChI=1S/C8H16OSi/c1-2-9-10-8-6-4-3-5-7-8/h8H,2-7H2,1H3. The zero-order valence-corrected chi connectivity index (χ0v) is 7.73. The second kappa shape index (κ2) is 4.91. The van der Waals surface area contributed by atoms with Gasteiger partial charge in [0, 0.05) is 6.61 Å². The van der Waals surface area contributed by atoms with Crippen LogP contribution in [0, 0.1) is 0 Å². The molecule has 1 rings (SSSR count). The summed E-state index contributed by atoms with van der Waals surface area (Å²) in [7, 11) is 0.781. The van der Waals surface area contributed by atoms with Crippen molar-refractivity contribution < 1.29 is 4.43 Å². The van der Waals surface area contributed by atoms with Crippen LogP contribution >= 0.6 is 0 Å². The minimum atomic E-state index is 0.781. The van der Waals surface area contributed by atoms with Gasteiger partial charge in [-0.2, -0.15) is 0 Å². The van der Waals surface area contributed by atoms with Gasteiger partial charge in [-0.3, -0.25) is 0 Å². The highest BCUT2D eigenvalue weighted by Crippen LogP contribution is 2.27. The van der Waals surface area contributed by atoms with E-state index in [-0.39, 0.29) is 0 Å². The topological polar surface area (TPSA) is 9.23 Å². The Morgan fingerprint density at radius 3 is 2.60 bits per heavy atom. The Kier molecular flexibility index (Phi) is 4.06. The molecule has 0 spiro atoms. The van der Waals surface area contributed by atoms with E-state index in [0.717, 1.165) is 21.9 Å². The molecule has 0 amide bonds. The van der Waals surface area contributed by atoms with Crippen molar-refractivity contribution in [1.29, 1.82) is 0 Å². The summed E-state index contributed by atoms with van der Waals surface area (Å²) in [6, 6.07) is 0. The van der Waals surface area contributed by atoms with E-state index >= 15 is 0 Å². The van der Waals surface area contributed by atoms with Gasteiger partial charge in [0.05, 0.1) is 0 Å². The van der Waals surface area contributed by atoms with E-state index < -0.39 is 0 Å². The highest BCUT2D eigenvalue weighted by molar-refractivity contribution is 6.29. The lowest BCUT2D eigenvalue weighted by Gasteiger charge is -2.19. The summed E-state index contributed by atoms with van der Waals surface area (Å²) in [4.78, 5) is 0. The molecular formula is C8H16OSi. The van der Waals surface area contributed by atoms with Crippen molar-refractivity contribution in [3.63, 3.8) is 0 Å². The fraction of sp³-hybridized carbons (Fsp3) is 1.00. The second-order valence-corrected chi connectivity index (χ2v) is 4.23. The van der Waals surface area contributed by atoms with E-state index in [1.54, 1.807) is 0 Å². The summed E-state index contributed by atoms with van der Waals surface area (Å²) in [5, 5.41) is 0. The van der Waals surface area contributed by atoms with Gasteiger partial charge in [-0.05, 0) is 12.5 Å².